The van der Waals surface area contributed by atoms with Gasteiger partial charge in [-0.15, -0.1) is 0 Å². The molecule has 0 bridgehead atoms. The van der Waals surface area contributed by atoms with E-state index in [4.69, 9.17) is 5.73 Å². The number of halogens is 1. The lowest BCUT2D eigenvalue weighted by molar-refractivity contribution is -0.134. The van der Waals surface area contributed by atoms with Crippen molar-refractivity contribution < 1.29 is 14.0 Å². The summed E-state index contributed by atoms with van der Waals surface area (Å²) in [6.07, 6.45) is 1.83. The highest BCUT2D eigenvalue weighted by Crippen LogP contribution is 2.23. The maximum Gasteiger partial charge on any atom is 0.243 e. The molecule has 4 N–H and O–H groups in total. The van der Waals surface area contributed by atoms with Crippen molar-refractivity contribution in [2.75, 3.05) is 19.8 Å². The smallest absolute Gasteiger partial charge is 0.243 e. The molecule has 0 aliphatic carbocycles. The van der Waals surface area contributed by atoms with Gasteiger partial charge in [0.15, 0.2) is 0 Å². The number of nitrogen functional groups attached to an aromatic ring is 1. The summed E-state index contributed by atoms with van der Waals surface area (Å²) in [7, 11) is 3.66. The molecule has 1 aromatic heterocycles. The van der Waals surface area contributed by atoms with Gasteiger partial charge in [-0.3, -0.25) is 14.5 Å². The molecule has 0 radical (unpaired) electrons. The Morgan fingerprint density at radius 3 is 2.19 bits per heavy atom. The highest BCUT2D eigenvalue weighted by molar-refractivity contribution is 5.90. The van der Waals surface area contributed by atoms with Crippen molar-refractivity contribution >= 4 is 17.6 Å². The van der Waals surface area contributed by atoms with Gasteiger partial charge in [0.2, 0.25) is 11.8 Å². The van der Waals surface area contributed by atoms with Crippen LogP contribution in [0.2, 0.25) is 0 Å². The van der Waals surface area contributed by atoms with Gasteiger partial charge in [-0.1, -0.05) is 39.0 Å². The summed E-state index contributed by atoms with van der Waals surface area (Å²) in [5.74, 6) is -0.534. The number of nitrogens with zero attached hydrogens (tertiary/aromatic N) is 2. The quantitative estimate of drug-likeness (QED) is 0.597. The third-order valence-electron chi connectivity index (χ3n) is 4.89. The van der Waals surface area contributed by atoms with Crippen LogP contribution in [0.4, 0.5) is 10.2 Å². The van der Waals surface area contributed by atoms with Crippen LogP contribution in [0, 0.1) is 11.2 Å². The van der Waals surface area contributed by atoms with Gasteiger partial charge >= 0.3 is 0 Å². The van der Waals surface area contributed by atoms with E-state index in [2.05, 4.69) is 15.6 Å². The van der Waals surface area contributed by atoms with Gasteiger partial charge in [-0.2, -0.15) is 0 Å². The molecule has 0 unspecified atom stereocenters. The molecular formula is C23H32FN5O2. The molecule has 0 aliphatic heterocycles. The Morgan fingerprint density at radius 1 is 1.06 bits per heavy atom. The fourth-order valence-electron chi connectivity index (χ4n) is 3.57. The van der Waals surface area contributed by atoms with E-state index in [-0.39, 0.29) is 36.0 Å². The fraction of sp³-hybridized carbons (Fsp3) is 0.435. The molecule has 2 rings (SSSR count). The number of pyridine rings is 1. The van der Waals surface area contributed by atoms with Crippen molar-refractivity contribution in [1.29, 1.82) is 0 Å². The largest absolute Gasteiger partial charge is 0.384 e. The highest BCUT2D eigenvalue weighted by atomic mass is 19.1. The van der Waals surface area contributed by atoms with Crippen LogP contribution in [0.25, 0.3) is 0 Å². The number of likely N-dealkylation sites (N-methyl/N-ethyl adjacent to an activating group) is 1. The van der Waals surface area contributed by atoms with Crippen molar-refractivity contribution in [3.05, 3.63) is 59.5 Å². The SMILES string of the molecule is CN(C)[C@@H](C(=O)N[C@@H](Cc1ccc(F)cc1)C(=O)NCc1ccc(N)nc1)C(C)(C)C. The van der Waals surface area contributed by atoms with Crippen LogP contribution in [0.3, 0.4) is 0 Å². The van der Waals surface area contributed by atoms with Gasteiger partial charge in [-0.05, 0) is 48.8 Å². The lowest BCUT2D eigenvalue weighted by Gasteiger charge is -2.35. The summed E-state index contributed by atoms with van der Waals surface area (Å²) in [4.78, 5) is 31.9. The first-order chi connectivity index (χ1) is 14.5. The van der Waals surface area contributed by atoms with Crippen LogP contribution in [0.15, 0.2) is 42.6 Å². The number of carbonyl (C=O) groups excluding carboxylic acids is 2. The zero-order valence-corrected chi connectivity index (χ0v) is 18.8. The monoisotopic (exact) mass is 429 g/mol. The molecule has 1 heterocycles. The van der Waals surface area contributed by atoms with E-state index in [0.29, 0.717) is 5.82 Å². The Balaban J connectivity index is 2.18. The maximum absolute atomic E-state index is 13.3. The van der Waals surface area contributed by atoms with Crippen LogP contribution in [0.1, 0.15) is 31.9 Å². The second kappa shape index (κ2) is 10.3. The molecule has 0 saturated carbocycles. The van der Waals surface area contributed by atoms with E-state index in [9.17, 15) is 14.0 Å². The van der Waals surface area contributed by atoms with E-state index in [1.54, 1.807) is 30.5 Å². The number of benzene rings is 1. The number of rotatable bonds is 8. The minimum absolute atomic E-state index is 0.238. The number of hydrogen-bond donors (Lipinski definition) is 3. The van der Waals surface area contributed by atoms with Crippen LogP contribution in [-0.4, -0.2) is 47.9 Å². The molecule has 2 amide bonds. The minimum Gasteiger partial charge on any atom is -0.384 e. The van der Waals surface area contributed by atoms with E-state index in [1.165, 1.54) is 12.1 Å². The predicted molar refractivity (Wildman–Crippen MR) is 119 cm³/mol. The zero-order valence-electron chi connectivity index (χ0n) is 18.8. The lowest BCUT2D eigenvalue weighted by atomic mass is 9.85. The second-order valence-corrected chi connectivity index (χ2v) is 8.93. The van der Waals surface area contributed by atoms with Gasteiger partial charge in [0.25, 0.3) is 0 Å². The van der Waals surface area contributed by atoms with Gasteiger partial charge in [0, 0.05) is 19.2 Å². The first kappa shape index (κ1) is 24.3. The Kier molecular flexibility index (Phi) is 8.10. The Hall–Kier alpha value is -3.00. The van der Waals surface area contributed by atoms with Crippen molar-refractivity contribution in [2.45, 2.75) is 45.8 Å². The Bertz CT molecular complexity index is 876. The summed E-state index contributed by atoms with van der Waals surface area (Å²) in [6.45, 7) is 6.17. The summed E-state index contributed by atoms with van der Waals surface area (Å²) in [5.41, 5.74) is 6.79. The predicted octanol–water partition coefficient (Wildman–Crippen LogP) is 2.12. The maximum atomic E-state index is 13.3. The van der Waals surface area contributed by atoms with Crippen LogP contribution >= 0.6 is 0 Å². The average Bonchev–Trinajstić information content (AvgIpc) is 2.67. The lowest BCUT2D eigenvalue weighted by Crippen LogP contribution is -2.56. The summed E-state index contributed by atoms with van der Waals surface area (Å²) < 4.78 is 13.3. The molecule has 31 heavy (non-hydrogen) atoms. The first-order valence-corrected chi connectivity index (χ1v) is 10.2. The third-order valence-corrected chi connectivity index (χ3v) is 4.89. The van der Waals surface area contributed by atoms with Gasteiger partial charge < -0.3 is 16.4 Å². The van der Waals surface area contributed by atoms with Crippen LogP contribution in [0.5, 0.6) is 0 Å². The third kappa shape index (κ3) is 7.32. The summed E-state index contributed by atoms with van der Waals surface area (Å²) in [5, 5.41) is 5.73. The molecule has 7 nitrogen and oxygen atoms in total. The molecule has 0 aliphatic rings. The van der Waals surface area contributed by atoms with Crippen LogP contribution < -0.4 is 16.4 Å². The molecule has 0 spiro atoms. The Labute approximate surface area is 183 Å². The van der Waals surface area contributed by atoms with Crippen molar-refractivity contribution in [2.24, 2.45) is 5.41 Å². The zero-order chi connectivity index (χ0) is 23.2. The van der Waals surface area contributed by atoms with Gasteiger partial charge in [-0.25, -0.2) is 9.37 Å². The van der Waals surface area contributed by atoms with Gasteiger partial charge in [0.1, 0.15) is 17.7 Å². The summed E-state index contributed by atoms with van der Waals surface area (Å²) >= 11 is 0. The second-order valence-electron chi connectivity index (χ2n) is 8.93. The van der Waals surface area contributed by atoms with Crippen molar-refractivity contribution in [3.63, 3.8) is 0 Å². The van der Waals surface area contributed by atoms with E-state index >= 15 is 0 Å². The standard InChI is InChI=1S/C23H32FN5O2/c1-23(2,3)20(29(4)5)22(31)28-18(12-15-6-9-17(24)10-7-15)21(30)27-14-16-8-11-19(25)26-13-16/h6-11,13,18,20H,12,14H2,1-5H3,(H2,25,26)(H,27,30)(H,28,31)/t18-,20-/m0/s1. The number of aromatic nitrogens is 1. The number of nitrogens with one attached hydrogen (secondary N) is 2. The van der Waals surface area contributed by atoms with Crippen molar-refractivity contribution in [1.82, 2.24) is 20.5 Å². The topological polar surface area (TPSA) is 100 Å². The first-order valence-electron chi connectivity index (χ1n) is 10.2. The molecule has 0 fully saturated rings. The van der Waals surface area contributed by atoms with E-state index in [0.717, 1.165) is 11.1 Å². The number of carbonyl (C=O) groups is 2. The molecule has 2 atom stereocenters. The Morgan fingerprint density at radius 2 is 1.68 bits per heavy atom. The molecular weight excluding hydrogens is 397 g/mol. The molecule has 1 aromatic carbocycles. The minimum atomic E-state index is -0.815. The normalized spacial score (nSPS) is 13.5. The molecule has 0 saturated heterocycles. The fourth-order valence-corrected chi connectivity index (χ4v) is 3.57. The number of nitrogens with two attached hydrogens (primary N) is 1. The van der Waals surface area contributed by atoms with Crippen molar-refractivity contribution in [3.8, 4) is 0 Å². The number of hydrogen-bond acceptors (Lipinski definition) is 5. The molecule has 168 valence electrons. The summed E-state index contributed by atoms with van der Waals surface area (Å²) in [6, 6.07) is 8.08. The number of anilines is 1. The van der Waals surface area contributed by atoms with Gasteiger partial charge in [0.05, 0.1) is 6.04 Å². The average molecular weight is 430 g/mol. The highest BCUT2D eigenvalue weighted by Gasteiger charge is 2.35. The molecule has 8 heteroatoms. The van der Waals surface area contributed by atoms with E-state index in [1.807, 2.05) is 39.8 Å². The molecule has 2 aromatic rings. The van der Waals surface area contributed by atoms with E-state index < -0.39 is 12.1 Å². The number of amides is 2. The van der Waals surface area contributed by atoms with Crippen LogP contribution in [-0.2, 0) is 22.6 Å².